The average molecular weight is 289 g/mol. The smallest absolute Gasteiger partial charge is 0.161 e. The second-order valence-electron chi connectivity index (χ2n) is 4.78. The Hall–Kier alpha value is -2.01. The predicted octanol–water partition coefficient (Wildman–Crippen LogP) is 2.39. The van der Waals surface area contributed by atoms with Crippen LogP contribution in [0.25, 0.3) is 0 Å². The van der Waals surface area contributed by atoms with Crippen molar-refractivity contribution in [3.8, 4) is 11.5 Å². The fourth-order valence-electron chi connectivity index (χ4n) is 2.10. The molecule has 2 aromatic rings. The Morgan fingerprint density at radius 2 is 2.14 bits per heavy atom. The van der Waals surface area contributed by atoms with Crippen LogP contribution < -0.4 is 14.8 Å². The van der Waals surface area contributed by atoms with Gasteiger partial charge in [-0.25, -0.2) is 4.98 Å². The number of nitrogens with one attached hydrogen (secondary N) is 1. The molecule has 0 amide bonds. The Kier molecular flexibility index (Phi) is 5.63. The maximum atomic E-state index is 5.82. The number of aryl methyl sites for hydroxylation is 1. The molecule has 1 N–H and O–H groups in total. The molecule has 0 aliphatic carbocycles. The fourth-order valence-corrected chi connectivity index (χ4v) is 2.10. The summed E-state index contributed by atoms with van der Waals surface area (Å²) in [6, 6.07) is 6.04. The summed E-state index contributed by atoms with van der Waals surface area (Å²) in [7, 11) is 1.67. The molecular weight excluding hydrogens is 266 g/mol. The van der Waals surface area contributed by atoms with Crippen LogP contribution in [-0.2, 0) is 13.1 Å². The zero-order chi connectivity index (χ0) is 15.1. The lowest BCUT2D eigenvalue weighted by molar-refractivity contribution is 0.278. The van der Waals surface area contributed by atoms with Gasteiger partial charge >= 0.3 is 0 Å². The Morgan fingerprint density at radius 3 is 2.81 bits per heavy atom. The molecule has 5 nitrogen and oxygen atoms in total. The minimum absolute atomic E-state index is 0.583. The van der Waals surface area contributed by atoms with Crippen LogP contribution in [0.15, 0.2) is 30.6 Å². The van der Waals surface area contributed by atoms with E-state index in [0.717, 1.165) is 37.0 Å². The normalized spacial score (nSPS) is 10.6. The summed E-state index contributed by atoms with van der Waals surface area (Å²) in [6.45, 7) is 7.21. The van der Waals surface area contributed by atoms with E-state index in [1.807, 2.05) is 25.3 Å². The summed E-state index contributed by atoms with van der Waals surface area (Å²) < 4.78 is 13.3. The van der Waals surface area contributed by atoms with Gasteiger partial charge in [0.25, 0.3) is 0 Å². The molecule has 0 spiro atoms. The number of hydrogen-bond donors (Lipinski definition) is 1. The molecule has 0 fully saturated rings. The molecule has 1 aromatic carbocycles. The molecule has 0 saturated carbocycles. The van der Waals surface area contributed by atoms with Crippen molar-refractivity contribution in [2.24, 2.45) is 0 Å². The third-order valence-corrected chi connectivity index (χ3v) is 3.32. The van der Waals surface area contributed by atoms with Gasteiger partial charge in [0.1, 0.15) is 12.4 Å². The summed E-state index contributed by atoms with van der Waals surface area (Å²) in [5.41, 5.74) is 1.19. The third kappa shape index (κ3) is 4.23. The van der Waals surface area contributed by atoms with Gasteiger partial charge in [-0.05, 0) is 31.2 Å². The van der Waals surface area contributed by atoms with Crippen LogP contribution in [0.1, 0.15) is 18.3 Å². The highest BCUT2D eigenvalue weighted by Crippen LogP contribution is 2.28. The van der Waals surface area contributed by atoms with Crippen molar-refractivity contribution in [3.05, 3.63) is 42.0 Å². The zero-order valence-corrected chi connectivity index (χ0v) is 12.9. The Balaban J connectivity index is 1.94. The fraction of sp³-hybridized carbons (Fsp3) is 0.438. The second-order valence-corrected chi connectivity index (χ2v) is 4.78. The number of aromatic nitrogens is 2. The minimum Gasteiger partial charge on any atom is -0.493 e. The summed E-state index contributed by atoms with van der Waals surface area (Å²) in [6.07, 6.45) is 3.75. The summed E-state index contributed by atoms with van der Waals surface area (Å²) in [4.78, 5) is 4.19. The summed E-state index contributed by atoms with van der Waals surface area (Å²) in [5.74, 6) is 2.54. The number of methoxy groups -OCH3 is 1. The quantitative estimate of drug-likeness (QED) is 0.810. The van der Waals surface area contributed by atoms with Crippen LogP contribution in [0, 0.1) is 6.92 Å². The molecule has 0 bridgehead atoms. The van der Waals surface area contributed by atoms with Gasteiger partial charge in [0.15, 0.2) is 11.5 Å². The molecule has 1 aromatic heterocycles. The second kappa shape index (κ2) is 7.69. The first kappa shape index (κ1) is 15.4. The monoisotopic (exact) mass is 289 g/mol. The van der Waals surface area contributed by atoms with Crippen molar-refractivity contribution in [3.63, 3.8) is 0 Å². The lowest BCUT2D eigenvalue weighted by Crippen LogP contribution is -2.12. The molecule has 0 atom stereocenters. The van der Waals surface area contributed by atoms with Crippen molar-refractivity contribution in [1.29, 1.82) is 0 Å². The maximum Gasteiger partial charge on any atom is 0.161 e. The lowest BCUT2D eigenvalue weighted by Gasteiger charge is -2.13. The molecule has 0 radical (unpaired) electrons. The number of benzene rings is 1. The Morgan fingerprint density at radius 1 is 1.29 bits per heavy atom. The Labute approximate surface area is 125 Å². The SMILES string of the molecule is CCNCc1ccc(OCCn2ccnc2C)c(OC)c1. The van der Waals surface area contributed by atoms with Crippen LogP contribution in [0.5, 0.6) is 11.5 Å². The van der Waals surface area contributed by atoms with E-state index >= 15 is 0 Å². The third-order valence-electron chi connectivity index (χ3n) is 3.32. The molecule has 0 saturated heterocycles. The zero-order valence-electron chi connectivity index (χ0n) is 12.9. The van der Waals surface area contributed by atoms with Crippen molar-refractivity contribution in [1.82, 2.24) is 14.9 Å². The molecule has 1 heterocycles. The van der Waals surface area contributed by atoms with E-state index in [2.05, 4.69) is 27.9 Å². The first-order chi connectivity index (χ1) is 10.2. The van der Waals surface area contributed by atoms with Gasteiger partial charge in [-0.2, -0.15) is 0 Å². The van der Waals surface area contributed by atoms with E-state index in [-0.39, 0.29) is 0 Å². The number of imidazole rings is 1. The van der Waals surface area contributed by atoms with Gasteiger partial charge in [-0.15, -0.1) is 0 Å². The summed E-state index contributed by atoms with van der Waals surface area (Å²) >= 11 is 0. The van der Waals surface area contributed by atoms with E-state index in [9.17, 15) is 0 Å². The molecule has 114 valence electrons. The van der Waals surface area contributed by atoms with Gasteiger partial charge in [-0.1, -0.05) is 13.0 Å². The molecule has 5 heteroatoms. The molecular formula is C16H23N3O2. The molecule has 0 aliphatic rings. The Bertz CT molecular complexity index is 566. The van der Waals surface area contributed by atoms with Gasteiger partial charge in [0, 0.05) is 18.9 Å². The van der Waals surface area contributed by atoms with E-state index in [1.54, 1.807) is 13.3 Å². The number of rotatable bonds is 8. The van der Waals surface area contributed by atoms with Gasteiger partial charge < -0.3 is 19.4 Å². The number of nitrogens with zero attached hydrogens (tertiary/aromatic N) is 2. The van der Waals surface area contributed by atoms with Gasteiger partial charge in [0.2, 0.25) is 0 Å². The minimum atomic E-state index is 0.583. The van der Waals surface area contributed by atoms with Crippen molar-refractivity contribution < 1.29 is 9.47 Å². The largest absolute Gasteiger partial charge is 0.493 e. The van der Waals surface area contributed by atoms with Crippen molar-refractivity contribution >= 4 is 0 Å². The van der Waals surface area contributed by atoms with E-state index in [4.69, 9.17) is 9.47 Å². The standard InChI is InChI=1S/C16H23N3O2/c1-4-17-12-14-5-6-15(16(11-14)20-3)21-10-9-19-8-7-18-13(19)2/h5-8,11,17H,4,9-10,12H2,1-3H3. The van der Waals surface area contributed by atoms with Crippen LogP contribution in [0.3, 0.4) is 0 Å². The van der Waals surface area contributed by atoms with Gasteiger partial charge in [0.05, 0.1) is 13.7 Å². The first-order valence-corrected chi connectivity index (χ1v) is 7.22. The first-order valence-electron chi connectivity index (χ1n) is 7.22. The van der Waals surface area contributed by atoms with Crippen molar-refractivity contribution in [2.45, 2.75) is 26.9 Å². The number of ether oxygens (including phenoxy) is 2. The molecule has 21 heavy (non-hydrogen) atoms. The molecule has 0 aliphatic heterocycles. The molecule has 2 rings (SSSR count). The van der Waals surface area contributed by atoms with Crippen LogP contribution >= 0.6 is 0 Å². The van der Waals surface area contributed by atoms with Crippen LogP contribution in [-0.4, -0.2) is 29.8 Å². The van der Waals surface area contributed by atoms with E-state index in [1.165, 1.54) is 5.56 Å². The van der Waals surface area contributed by atoms with E-state index in [0.29, 0.717) is 6.61 Å². The predicted molar refractivity (Wildman–Crippen MR) is 82.8 cm³/mol. The maximum absolute atomic E-state index is 5.82. The highest BCUT2D eigenvalue weighted by Gasteiger charge is 2.06. The van der Waals surface area contributed by atoms with Crippen molar-refractivity contribution in [2.75, 3.05) is 20.3 Å². The lowest BCUT2D eigenvalue weighted by atomic mass is 10.2. The van der Waals surface area contributed by atoms with Crippen LogP contribution in [0.4, 0.5) is 0 Å². The number of hydrogen-bond acceptors (Lipinski definition) is 4. The average Bonchev–Trinajstić information content (AvgIpc) is 2.91. The highest BCUT2D eigenvalue weighted by molar-refractivity contribution is 5.42. The molecule has 0 unspecified atom stereocenters. The highest BCUT2D eigenvalue weighted by atomic mass is 16.5. The summed E-state index contributed by atoms with van der Waals surface area (Å²) in [5, 5.41) is 3.30. The van der Waals surface area contributed by atoms with E-state index < -0.39 is 0 Å². The van der Waals surface area contributed by atoms with Gasteiger partial charge in [-0.3, -0.25) is 0 Å². The topological polar surface area (TPSA) is 48.3 Å². The van der Waals surface area contributed by atoms with Crippen LogP contribution in [0.2, 0.25) is 0 Å².